The van der Waals surface area contributed by atoms with Crippen LogP contribution in [0.5, 0.6) is 0 Å². The van der Waals surface area contributed by atoms with Gasteiger partial charge in [0.05, 0.1) is 6.04 Å². The highest BCUT2D eigenvalue weighted by atomic mass is 19.1. The molecule has 3 aromatic carbocycles. The third-order valence-electron chi connectivity index (χ3n) is 5.86. The third-order valence-corrected chi connectivity index (χ3v) is 5.86. The Morgan fingerprint density at radius 3 is 2.15 bits per heavy atom. The molecule has 3 rings (SSSR count). The summed E-state index contributed by atoms with van der Waals surface area (Å²) in [5.41, 5.74) is 2.54. The van der Waals surface area contributed by atoms with Crippen molar-refractivity contribution in [3.05, 3.63) is 108 Å². The van der Waals surface area contributed by atoms with Crippen LogP contribution in [0, 0.1) is 17.5 Å². The molecule has 0 spiro atoms. The quantitative estimate of drug-likeness (QED) is 0.340. The molecule has 0 aliphatic carbocycles. The third kappa shape index (κ3) is 6.04. The van der Waals surface area contributed by atoms with E-state index < -0.39 is 23.8 Å². The van der Waals surface area contributed by atoms with E-state index in [0.29, 0.717) is 18.4 Å². The summed E-state index contributed by atoms with van der Waals surface area (Å²) in [7, 11) is 0. The fourth-order valence-electron chi connectivity index (χ4n) is 3.95. The monoisotopic (exact) mass is 453 g/mol. The molecule has 33 heavy (non-hydrogen) atoms. The number of amides is 1. The van der Waals surface area contributed by atoms with E-state index >= 15 is 0 Å². The van der Waals surface area contributed by atoms with Crippen LogP contribution in [0.25, 0.3) is 11.1 Å². The normalized spacial score (nSPS) is 12.7. The first-order valence-electron chi connectivity index (χ1n) is 10.7. The van der Waals surface area contributed by atoms with E-state index in [1.165, 1.54) is 29.2 Å². The molecule has 2 atom stereocenters. The van der Waals surface area contributed by atoms with E-state index in [9.17, 15) is 23.1 Å². The van der Waals surface area contributed by atoms with Gasteiger partial charge in [-0.2, -0.15) is 0 Å². The Morgan fingerprint density at radius 1 is 0.970 bits per heavy atom. The lowest BCUT2D eigenvalue weighted by Gasteiger charge is -2.29. The second kappa shape index (κ2) is 10.9. The first kappa shape index (κ1) is 24.1. The van der Waals surface area contributed by atoms with E-state index in [1.807, 2.05) is 0 Å². The Morgan fingerprint density at radius 2 is 1.58 bits per heavy atom. The molecular weight excluding hydrogens is 427 g/mol. The number of rotatable bonds is 9. The maximum atomic E-state index is 14.1. The van der Waals surface area contributed by atoms with Crippen LogP contribution >= 0.6 is 0 Å². The van der Waals surface area contributed by atoms with Crippen LogP contribution in [0.15, 0.2) is 79.4 Å². The van der Waals surface area contributed by atoms with Gasteiger partial charge in [-0.05, 0) is 66.6 Å². The molecule has 6 heteroatoms. The molecule has 0 saturated heterocycles. The van der Waals surface area contributed by atoms with Gasteiger partial charge in [0.15, 0.2) is 0 Å². The number of carboxylic acid groups (broad SMARTS) is 1. The summed E-state index contributed by atoms with van der Waals surface area (Å²) in [4.78, 5) is 13.4. The molecule has 0 saturated carbocycles. The lowest BCUT2D eigenvalue weighted by molar-refractivity contribution is 0.126. The van der Waals surface area contributed by atoms with Gasteiger partial charge in [-0.1, -0.05) is 42.5 Å². The molecule has 172 valence electrons. The molecule has 1 amide bonds. The lowest BCUT2D eigenvalue weighted by Crippen LogP contribution is -2.33. The van der Waals surface area contributed by atoms with Gasteiger partial charge >= 0.3 is 6.09 Å². The summed E-state index contributed by atoms with van der Waals surface area (Å²) in [6.07, 6.45) is 1.92. The zero-order valence-electron chi connectivity index (χ0n) is 18.3. The Labute approximate surface area is 191 Å². The van der Waals surface area contributed by atoms with Crippen LogP contribution in [0.3, 0.4) is 0 Å². The summed E-state index contributed by atoms with van der Waals surface area (Å²) in [5.74, 6) is -1.60. The molecular formula is C27H26F3NO2. The van der Waals surface area contributed by atoms with Gasteiger partial charge in [-0.25, -0.2) is 18.0 Å². The van der Waals surface area contributed by atoms with Crippen molar-refractivity contribution >= 4 is 6.09 Å². The van der Waals surface area contributed by atoms with E-state index in [4.69, 9.17) is 0 Å². The SMILES string of the molecule is C=CC[C@@H](CCN(C(=O)O)[C@@H](C)c1ccc(-c2ccc(F)cc2F)cc1)c1ccc(F)cc1. The van der Waals surface area contributed by atoms with Gasteiger partial charge in [-0.15, -0.1) is 6.58 Å². The van der Waals surface area contributed by atoms with E-state index in [1.54, 1.807) is 49.4 Å². The average Bonchev–Trinajstić information content (AvgIpc) is 2.79. The molecule has 0 heterocycles. The van der Waals surface area contributed by atoms with Crippen LogP contribution in [-0.4, -0.2) is 22.6 Å². The van der Waals surface area contributed by atoms with Gasteiger partial charge < -0.3 is 10.0 Å². The van der Waals surface area contributed by atoms with E-state index in [0.717, 1.165) is 17.2 Å². The molecule has 0 aliphatic heterocycles. The van der Waals surface area contributed by atoms with Crippen molar-refractivity contribution in [3.63, 3.8) is 0 Å². The maximum absolute atomic E-state index is 14.1. The Balaban J connectivity index is 1.75. The number of allylic oxidation sites excluding steroid dienone is 1. The number of halogens is 3. The van der Waals surface area contributed by atoms with Crippen molar-refractivity contribution in [3.8, 4) is 11.1 Å². The fourth-order valence-corrected chi connectivity index (χ4v) is 3.95. The Bertz CT molecular complexity index is 1100. The van der Waals surface area contributed by atoms with Gasteiger partial charge in [0.1, 0.15) is 17.5 Å². The van der Waals surface area contributed by atoms with Crippen LogP contribution in [0.4, 0.5) is 18.0 Å². The highest BCUT2D eigenvalue weighted by Gasteiger charge is 2.23. The highest BCUT2D eigenvalue weighted by Crippen LogP contribution is 2.29. The van der Waals surface area contributed by atoms with Crippen LogP contribution in [-0.2, 0) is 0 Å². The second-order valence-corrected chi connectivity index (χ2v) is 7.96. The van der Waals surface area contributed by atoms with Crippen LogP contribution < -0.4 is 0 Å². The van der Waals surface area contributed by atoms with Crippen molar-refractivity contribution in [2.75, 3.05) is 6.54 Å². The largest absolute Gasteiger partial charge is 0.465 e. The number of hydrogen-bond acceptors (Lipinski definition) is 1. The molecule has 0 aliphatic rings. The molecule has 3 nitrogen and oxygen atoms in total. The minimum atomic E-state index is -1.05. The summed E-state index contributed by atoms with van der Waals surface area (Å²) >= 11 is 0. The molecule has 0 unspecified atom stereocenters. The van der Waals surface area contributed by atoms with Gasteiger partial charge in [0.2, 0.25) is 0 Å². The van der Waals surface area contributed by atoms with Crippen molar-refractivity contribution in [2.45, 2.75) is 31.7 Å². The standard InChI is InChI=1S/C27H26F3NO2/c1-3-4-20(21-9-11-23(28)12-10-21)15-16-31(27(32)33)18(2)19-5-7-22(8-6-19)25-14-13-24(29)17-26(25)30/h3,5-14,17-18,20H,1,4,15-16H2,2H3,(H,32,33)/t18-,20-/m0/s1. The number of benzene rings is 3. The van der Waals surface area contributed by atoms with Crippen LogP contribution in [0.1, 0.15) is 42.9 Å². The number of hydrogen-bond donors (Lipinski definition) is 1. The Hall–Kier alpha value is -3.54. The zero-order chi connectivity index (χ0) is 24.0. The molecule has 0 bridgehead atoms. The first-order valence-corrected chi connectivity index (χ1v) is 10.7. The van der Waals surface area contributed by atoms with Crippen molar-refractivity contribution in [2.24, 2.45) is 0 Å². The van der Waals surface area contributed by atoms with Crippen molar-refractivity contribution in [1.82, 2.24) is 4.90 Å². The number of carbonyl (C=O) groups is 1. The highest BCUT2D eigenvalue weighted by molar-refractivity contribution is 5.67. The minimum Gasteiger partial charge on any atom is -0.465 e. The number of nitrogens with zero attached hydrogens (tertiary/aromatic N) is 1. The summed E-state index contributed by atoms with van der Waals surface area (Å²) in [6.45, 7) is 5.85. The summed E-state index contributed by atoms with van der Waals surface area (Å²) < 4.78 is 40.5. The Kier molecular flexibility index (Phi) is 7.93. The van der Waals surface area contributed by atoms with Gasteiger partial charge in [0, 0.05) is 18.2 Å². The molecule has 0 aromatic heterocycles. The molecule has 1 N–H and O–H groups in total. The van der Waals surface area contributed by atoms with Crippen molar-refractivity contribution < 1.29 is 23.1 Å². The van der Waals surface area contributed by atoms with Crippen LogP contribution in [0.2, 0.25) is 0 Å². The molecule has 0 radical (unpaired) electrons. The topological polar surface area (TPSA) is 40.5 Å². The first-order chi connectivity index (χ1) is 15.8. The van der Waals surface area contributed by atoms with Gasteiger partial charge in [0.25, 0.3) is 0 Å². The summed E-state index contributed by atoms with van der Waals surface area (Å²) in [6, 6.07) is 16.1. The second-order valence-electron chi connectivity index (χ2n) is 7.96. The predicted molar refractivity (Wildman–Crippen MR) is 124 cm³/mol. The minimum absolute atomic E-state index is 0.0148. The smallest absolute Gasteiger partial charge is 0.407 e. The molecule has 0 fully saturated rings. The van der Waals surface area contributed by atoms with Crippen molar-refractivity contribution in [1.29, 1.82) is 0 Å². The fraction of sp³-hybridized carbons (Fsp3) is 0.222. The summed E-state index contributed by atoms with van der Waals surface area (Å²) in [5, 5.41) is 9.82. The average molecular weight is 454 g/mol. The van der Waals surface area contributed by atoms with E-state index in [2.05, 4.69) is 6.58 Å². The van der Waals surface area contributed by atoms with Gasteiger partial charge in [-0.3, -0.25) is 0 Å². The van der Waals surface area contributed by atoms with E-state index in [-0.39, 0.29) is 23.8 Å². The predicted octanol–water partition coefficient (Wildman–Crippen LogP) is 7.56. The molecule has 3 aromatic rings. The lowest BCUT2D eigenvalue weighted by atomic mass is 9.92. The zero-order valence-corrected chi connectivity index (χ0v) is 18.3. The maximum Gasteiger partial charge on any atom is 0.407 e.